The van der Waals surface area contributed by atoms with Crippen molar-refractivity contribution >= 4 is 0 Å². The molecule has 0 radical (unpaired) electrons. The molecule has 3 N–H and O–H groups in total. The summed E-state index contributed by atoms with van der Waals surface area (Å²) in [5.74, 6) is 3.08. The van der Waals surface area contributed by atoms with Gasteiger partial charge in [-0.25, -0.2) is 0 Å². The molecule has 0 bridgehead atoms. The monoisotopic (exact) mass is 504 g/mol. The molecule has 198 valence electrons. The molecule has 7 atom stereocenters. The van der Waals surface area contributed by atoms with Crippen molar-refractivity contribution in [1.29, 1.82) is 0 Å². The molecule has 37 heavy (non-hydrogen) atoms. The molecular weight excluding hydrogens is 464 g/mol. The first-order valence-corrected chi connectivity index (χ1v) is 14.4. The predicted molar refractivity (Wildman–Crippen MR) is 140 cm³/mol. The third-order valence-corrected chi connectivity index (χ3v) is 11.4. The second-order valence-electron chi connectivity index (χ2n) is 13.1. The first-order valence-electron chi connectivity index (χ1n) is 14.4. The zero-order valence-corrected chi connectivity index (χ0v) is 21.9. The van der Waals surface area contributed by atoms with Crippen LogP contribution in [0.4, 0.5) is 0 Å². The average molecular weight is 505 g/mol. The van der Waals surface area contributed by atoms with Gasteiger partial charge in [-0.1, -0.05) is 42.7 Å². The van der Waals surface area contributed by atoms with Crippen molar-refractivity contribution in [1.82, 2.24) is 0 Å². The topological polar surface area (TPSA) is 79.2 Å². The Kier molecular flexibility index (Phi) is 5.38. The van der Waals surface area contributed by atoms with Gasteiger partial charge in [-0.3, -0.25) is 0 Å². The first-order chi connectivity index (χ1) is 17.7. The molecule has 5 fully saturated rings. The molecule has 0 aromatic heterocycles. The summed E-state index contributed by atoms with van der Waals surface area (Å²) >= 11 is 0. The van der Waals surface area contributed by atoms with Crippen LogP contribution in [0.25, 0.3) is 0 Å². The minimum Gasteiger partial charge on any atom is -0.386 e. The van der Waals surface area contributed by atoms with Gasteiger partial charge in [0, 0.05) is 24.2 Å². The largest absolute Gasteiger partial charge is 0.386 e. The lowest BCUT2D eigenvalue weighted by Gasteiger charge is -2.58. The molecule has 3 unspecified atom stereocenters. The summed E-state index contributed by atoms with van der Waals surface area (Å²) in [4.78, 5) is 0. The van der Waals surface area contributed by atoms with Gasteiger partial charge in [-0.05, 0) is 85.8 Å². The molecule has 1 aromatic rings. The van der Waals surface area contributed by atoms with Crippen LogP contribution in [0.3, 0.4) is 0 Å². The van der Waals surface area contributed by atoms with Crippen LogP contribution in [0.15, 0.2) is 35.4 Å². The molecule has 7 rings (SSSR count). The highest BCUT2D eigenvalue weighted by molar-refractivity contribution is 5.45. The Balaban J connectivity index is 1.35. The lowest BCUT2D eigenvalue weighted by atomic mass is 9.49. The Labute approximate surface area is 220 Å². The van der Waals surface area contributed by atoms with Gasteiger partial charge < -0.3 is 24.8 Å². The lowest BCUT2D eigenvalue weighted by Crippen LogP contribution is -2.58. The number of fused-ring (bicyclic) bond motifs is 4. The SMILES string of the molecule is C#CC(O)C1(O)CC[C@H]2[C@@H]3CC[C@@]4(O)CC5(CCC4=C3C(c3ccc(C4CC4)cc3)C[C@@]21C)OCCO5. The van der Waals surface area contributed by atoms with E-state index >= 15 is 0 Å². The molecule has 5 aliphatic carbocycles. The second kappa shape index (κ2) is 8.16. The number of aliphatic hydroxyl groups excluding tert-OH is 1. The third-order valence-electron chi connectivity index (χ3n) is 11.4. The number of benzene rings is 1. The Morgan fingerprint density at radius 2 is 1.68 bits per heavy atom. The standard InChI is InChI=1S/C32H40O5/c1-3-27(33)32(35)15-12-25-23-10-13-30(34)19-31(36-16-17-37-31)14-11-26(30)28(23)24(18-29(25,32)2)22-8-6-21(7-9-22)20-4-5-20/h1,6-9,20,23-25,27,33-35H,4-5,10-19H2,2H3/t23-,24?,25-,27?,29-,30+,32?/m0/s1. The van der Waals surface area contributed by atoms with Gasteiger partial charge in [0.1, 0.15) is 11.7 Å². The Morgan fingerprint density at radius 1 is 0.973 bits per heavy atom. The molecule has 1 saturated heterocycles. The van der Waals surface area contributed by atoms with Crippen LogP contribution in [0.1, 0.15) is 94.1 Å². The molecule has 1 heterocycles. The summed E-state index contributed by atoms with van der Waals surface area (Å²) in [6.45, 7) is 3.35. The van der Waals surface area contributed by atoms with Crippen molar-refractivity contribution in [2.75, 3.05) is 13.2 Å². The molecule has 1 aromatic carbocycles. The van der Waals surface area contributed by atoms with Gasteiger partial charge in [0.2, 0.25) is 0 Å². The molecule has 6 aliphatic rings. The van der Waals surface area contributed by atoms with E-state index in [2.05, 4.69) is 37.1 Å². The van der Waals surface area contributed by atoms with Crippen molar-refractivity contribution in [2.24, 2.45) is 17.3 Å². The predicted octanol–water partition coefficient (Wildman–Crippen LogP) is 4.56. The highest BCUT2D eigenvalue weighted by atomic mass is 16.7. The molecule has 4 saturated carbocycles. The maximum atomic E-state index is 12.1. The van der Waals surface area contributed by atoms with Crippen molar-refractivity contribution in [3.8, 4) is 12.3 Å². The molecule has 5 heteroatoms. The summed E-state index contributed by atoms with van der Waals surface area (Å²) < 4.78 is 12.1. The molecular formula is C32H40O5. The smallest absolute Gasteiger partial charge is 0.171 e. The van der Waals surface area contributed by atoms with Crippen LogP contribution in [0.5, 0.6) is 0 Å². The summed E-state index contributed by atoms with van der Waals surface area (Å²) in [6.07, 6.45) is 12.7. The quantitative estimate of drug-likeness (QED) is 0.416. The van der Waals surface area contributed by atoms with E-state index in [1.54, 1.807) is 0 Å². The van der Waals surface area contributed by atoms with E-state index in [1.165, 1.54) is 35.1 Å². The Hall–Kier alpha value is -1.68. The minimum atomic E-state index is -1.30. The highest BCUT2D eigenvalue weighted by Crippen LogP contribution is 2.68. The number of terminal acetylenes is 1. The molecule has 1 spiro atoms. The average Bonchev–Trinajstić information content (AvgIpc) is 3.60. The zero-order valence-electron chi connectivity index (χ0n) is 21.9. The Bertz CT molecular complexity index is 1150. The van der Waals surface area contributed by atoms with E-state index < -0.39 is 28.5 Å². The van der Waals surface area contributed by atoms with Crippen molar-refractivity contribution in [2.45, 2.75) is 106 Å². The molecule has 0 amide bonds. The van der Waals surface area contributed by atoms with Crippen LogP contribution in [0, 0.1) is 29.6 Å². The summed E-state index contributed by atoms with van der Waals surface area (Å²) in [5, 5.41) is 34.9. The minimum absolute atomic E-state index is 0.0791. The van der Waals surface area contributed by atoms with Gasteiger partial charge in [0.25, 0.3) is 0 Å². The number of hydrogen-bond donors (Lipinski definition) is 3. The fourth-order valence-electron chi connectivity index (χ4n) is 9.35. The van der Waals surface area contributed by atoms with Gasteiger partial charge in [-0.15, -0.1) is 6.42 Å². The third kappa shape index (κ3) is 3.42. The van der Waals surface area contributed by atoms with Crippen molar-refractivity contribution in [3.05, 3.63) is 46.5 Å². The number of rotatable bonds is 3. The van der Waals surface area contributed by atoms with Crippen LogP contribution < -0.4 is 0 Å². The maximum absolute atomic E-state index is 12.1. The van der Waals surface area contributed by atoms with E-state index in [4.69, 9.17) is 15.9 Å². The normalized spacial score (nSPS) is 43.2. The van der Waals surface area contributed by atoms with E-state index in [0.717, 1.165) is 32.1 Å². The fraction of sp³-hybridized carbons (Fsp3) is 0.688. The van der Waals surface area contributed by atoms with E-state index in [9.17, 15) is 15.3 Å². The fourth-order valence-corrected chi connectivity index (χ4v) is 9.35. The van der Waals surface area contributed by atoms with Gasteiger partial charge >= 0.3 is 0 Å². The van der Waals surface area contributed by atoms with Gasteiger partial charge in [-0.2, -0.15) is 0 Å². The number of allylic oxidation sites excluding steroid dienone is 1. The zero-order chi connectivity index (χ0) is 25.6. The van der Waals surface area contributed by atoms with E-state index in [-0.39, 0.29) is 17.8 Å². The van der Waals surface area contributed by atoms with Gasteiger partial charge in [0.05, 0.1) is 18.8 Å². The maximum Gasteiger partial charge on any atom is 0.171 e. The summed E-state index contributed by atoms with van der Waals surface area (Å²) in [7, 11) is 0. The van der Waals surface area contributed by atoms with E-state index in [1.807, 2.05) is 0 Å². The van der Waals surface area contributed by atoms with Gasteiger partial charge in [0.15, 0.2) is 5.79 Å². The number of ether oxygens (including phenoxy) is 2. The van der Waals surface area contributed by atoms with E-state index in [0.29, 0.717) is 38.4 Å². The van der Waals surface area contributed by atoms with Crippen LogP contribution >= 0.6 is 0 Å². The Morgan fingerprint density at radius 3 is 2.35 bits per heavy atom. The number of hydrogen-bond acceptors (Lipinski definition) is 5. The first kappa shape index (κ1) is 24.4. The number of aliphatic hydroxyl groups is 3. The second-order valence-corrected chi connectivity index (χ2v) is 13.1. The van der Waals surface area contributed by atoms with Crippen LogP contribution in [-0.2, 0) is 9.47 Å². The molecule has 5 nitrogen and oxygen atoms in total. The summed E-state index contributed by atoms with van der Waals surface area (Å²) in [6, 6.07) is 9.12. The van der Waals surface area contributed by atoms with Crippen molar-refractivity contribution < 1.29 is 24.8 Å². The van der Waals surface area contributed by atoms with Crippen LogP contribution in [-0.4, -0.2) is 51.6 Å². The van der Waals surface area contributed by atoms with Crippen LogP contribution in [0.2, 0.25) is 0 Å². The summed E-state index contributed by atoms with van der Waals surface area (Å²) in [5.41, 5.74) is 2.53. The highest BCUT2D eigenvalue weighted by Gasteiger charge is 2.66. The van der Waals surface area contributed by atoms with Crippen molar-refractivity contribution in [3.63, 3.8) is 0 Å². The molecule has 1 aliphatic heterocycles. The lowest BCUT2D eigenvalue weighted by molar-refractivity contribution is -0.209.